The SMILES string of the molecule is CCC(N)CNc1c(C)cccc1C.Cl.Cl. The number of nitrogens with two attached hydrogens (primary N) is 1. The van der Waals surface area contributed by atoms with E-state index in [2.05, 4.69) is 44.3 Å². The number of benzene rings is 1. The normalized spacial score (nSPS) is 11.0. The molecular weight excluding hydrogens is 243 g/mol. The third-order valence-electron chi connectivity index (χ3n) is 2.55. The van der Waals surface area contributed by atoms with Crippen LogP contribution in [0.2, 0.25) is 0 Å². The molecule has 0 heterocycles. The number of hydrogen-bond donors (Lipinski definition) is 2. The predicted octanol–water partition coefficient (Wildman–Crippen LogP) is 3.30. The Balaban J connectivity index is 0. The van der Waals surface area contributed by atoms with Gasteiger partial charge in [0.2, 0.25) is 0 Å². The molecule has 3 N–H and O–H groups in total. The maximum Gasteiger partial charge on any atom is 0.0400 e. The van der Waals surface area contributed by atoms with Gasteiger partial charge < -0.3 is 11.1 Å². The van der Waals surface area contributed by atoms with Crippen LogP contribution in [-0.2, 0) is 0 Å². The molecule has 0 saturated heterocycles. The number of anilines is 1. The molecule has 2 nitrogen and oxygen atoms in total. The summed E-state index contributed by atoms with van der Waals surface area (Å²) in [5.41, 5.74) is 9.66. The zero-order valence-corrected chi connectivity index (χ0v) is 11.8. The predicted molar refractivity (Wildman–Crippen MR) is 77.2 cm³/mol. The number of para-hydroxylation sites is 1. The van der Waals surface area contributed by atoms with E-state index in [4.69, 9.17) is 5.73 Å². The Labute approximate surface area is 111 Å². The van der Waals surface area contributed by atoms with Crippen LogP contribution in [0.3, 0.4) is 0 Å². The van der Waals surface area contributed by atoms with Gasteiger partial charge in [-0.3, -0.25) is 0 Å². The monoisotopic (exact) mass is 264 g/mol. The quantitative estimate of drug-likeness (QED) is 0.876. The fraction of sp³-hybridized carbons (Fsp3) is 0.500. The molecule has 0 aliphatic rings. The van der Waals surface area contributed by atoms with Gasteiger partial charge in [-0.1, -0.05) is 25.1 Å². The zero-order chi connectivity index (χ0) is 10.6. The van der Waals surface area contributed by atoms with Crippen LogP contribution in [0, 0.1) is 13.8 Å². The van der Waals surface area contributed by atoms with Gasteiger partial charge in [-0.15, -0.1) is 24.8 Å². The lowest BCUT2D eigenvalue weighted by Crippen LogP contribution is -2.28. The second-order valence-corrected chi connectivity index (χ2v) is 3.82. The van der Waals surface area contributed by atoms with E-state index in [-0.39, 0.29) is 30.9 Å². The summed E-state index contributed by atoms with van der Waals surface area (Å²) < 4.78 is 0. The second kappa shape index (κ2) is 8.68. The summed E-state index contributed by atoms with van der Waals surface area (Å²) in [5.74, 6) is 0. The van der Waals surface area contributed by atoms with Crippen molar-refractivity contribution in [1.29, 1.82) is 0 Å². The highest BCUT2D eigenvalue weighted by Gasteiger charge is 2.03. The summed E-state index contributed by atoms with van der Waals surface area (Å²) >= 11 is 0. The summed E-state index contributed by atoms with van der Waals surface area (Å²) in [6.45, 7) is 7.19. The van der Waals surface area contributed by atoms with E-state index >= 15 is 0 Å². The average Bonchev–Trinajstić information content (AvgIpc) is 2.16. The minimum Gasteiger partial charge on any atom is -0.383 e. The molecule has 1 atom stereocenters. The van der Waals surface area contributed by atoms with Crippen molar-refractivity contribution in [3.05, 3.63) is 29.3 Å². The maximum atomic E-state index is 5.86. The Morgan fingerprint density at radius 2 is 1.69 bits per heavy atom. The van der Waals surface area contributed by atoms with Gasteiger partial charge in [0.05, 0.1) is 0 Å². The van der Waals surface area contributed by atoms with Crippen molar-refractivity contribution < 1.29 is 0 Å². The van der Waals surface area contributed by atoms with Crippen LogP contribution in [0.25, 0.3) is 0 Å². The summed E-state index contributed by atoms with van der Waals surface area (Å²) in [7, 11) is 0. The van der Waals surface area contributed by atoms with Crippen LogP contribution in [0.5, 0.6) is 0 Å². The van der Waals surface area contributed by atoms with Crippen LogP contribution >= 0.6 is 24.8 Å². The molecule has 0 amide bonds. The van der Waals surface area contributed by atoms with Gasteiger partial charge in [-0.25, -0.2) is 0 Å². The summed E-state index contributed by atoms with van der Waals surface area (Å²) in [6.07, 6.45) is 1.01. The lowest BCUT2D eigenvalue weighted by molar-refractivity contribution is 0.679. The topological polar surface area (TPSA) is 38.0 Å². The molecule has 0 spiro atoms. The molecule has 0 aromatic heterocycles. The van der Waals surface area contributed by atoms with Crippen LogP contribution in [-0.4, -0.2) is 12.6 Å². The lowest BCUT2D eigenvalue weighted by atomic mass is 10.1. The van der Waals surface area contributed by atoms with E-state index in [9.17, 15) is 0 Å². The summed E-state index contributed by atoms with van der Waals surface area (Å²) in [4.78, 5) is 0. The first kappa shape index (κ1) is 17.9. The number of halogens is 2. The fourth-order valence-electron chi connectivity index (χ4n) is 1.47. The molecule has 94 valence electrons. The number of hydrogen-bond acceptors (Lipinski definition) is 2. The second-order valence-electron chi connectivity index (χ2n) is 3.82. The standard InChI is InChI=1S/C12H20N2.2ClH/c1-4-11(13)8-14-12-9(2)6-5-7-10(12)3;;/h5-7,11,14H,4,8,13H2,1-3H3;2*1H. The first-order chi connectivity index (χ1) is 6.65. The van der Waals surface area contributed by atoms with Gasteiger partial charge in [0.1, 0.15) is 0 Å². The third kappa shape index (κ3) is 5.06. The van der Waals surface area contributed by atoms with Crippen molar-refractivity contribution in [2.75, 3.05) is 11.9 Å². The highest BCUT2D eigenvalue weighted by Crippen LogP contribution is 2.19. The molecule has 16 heavy (non-hydrogen) atoms. The Bertz CT molecular complexity index is 283. The van der Waals surface area contributed by atoms with Gasteiger partial charge in [-0.2, -0.15) is 0 Å². The van der Waals surface area contributed by atoms with Crippen molar-refractivity contribution in [2.45, 2.75) is 33.2 Å². The molecule has 0 aliphatic carbocycles. The Kier molecular flexibility index (Phi) is 9.73. The van der Waals surface area contributed by atoms with E-state index in [0.29, 0.717) is 0 Å². The molecule has 1 aromatic rings. The maximum absolute atomic E-state index is 5.86. The van der Waals surface area contributed by atoms with Crippen molar-refractivity contribution >= 4 is 30.5 Å². The molecule has 0 fully saturated rings. The van der Waals surface area contributed by atoms with Gasteiger partial charge >= 0.3 is 0 Å². The summed E-state index contributed by atoms with van der Waals surface area (Å²) in [6, 6.07) is 6.56. The minimum absolute atomic E-state index is 0. The number of aryl methyl sites for hydroxylation is 2. The Hall–Kier alpha value is -0.440. The molecule has 0 bridgehead atoms. The molecule has 1 unspecified atom stereocenters. The lowest BCUT2D eigenvalue weighted by Gasteiger charge is -2.15. The van der Waals surface area contributed by atoms with E-state index < -0.39 is 0 Å². The average molecular weight is 265 g/mol. The Morgan fingerprint density at radius 1 is 1.19 bits per heavy atom. The minimum atomic E-state index is 0. The van der Waals surface area contributed by atoms with Crippen LogP contribution < -0.4 is 11.1 Å². The number of rotatable bonds is 4. The van der Waals surface area contributed by atoms with E-state index in [1.165, 1.54) is 16.8 Å². The smallest absolute Gasteiger partial charge is 0.0400 e. The van der Waals surface area contributed by atoms with Gasteiger partial charge in [0.25, 0.3) is 0 Å². The third-order valence-corrected chi connectivity index (χ3v) is 2.55. The van der Waals surface area contributed by atoms with Crippen LogP contribution in [0.15, 0.2) is 18.2 Å². The van der Waals surface area contributed by atoms with Crippen molar-refractivity contribution in [2.24, 2.45) is 5.73 Å². The molecule has 0 saturated carbocycles. The first-order valence-corrected chi connectivity index (χ1v) is 5.20. The van der Waals surface area contributed by atoms with Crippen LogP contribution in [0.4, 0.5) is 5.69 Å². The highest BCUT2D eigenvalue weighted by atomic mass is 35.5. The summed E-state index contributed by atoms with van der Waals surface area (Å²) in [5, 5.41) is 3.41. The largest absolute Gasteiger partial charge is 0.383 e. The molecule has 0 aliphatic heterocycles. The van der Waals surface area contributed by atoms with E-state index in [1.807, 2.05) is 0 Å². The molecule has 0 radical (unpaired) electrons. The van der Waals surface area contributed by atoms with Crippen LogP contribution in [0.1, 0.15) is 24.5 Å². The van der Waals surface area contributed by atoms with Crippen molar-refractivity contribution in [1.82, 2.24) is 0 Å². The Morgan fingerprint density at radius 3 is 2.12 bits per heavy atom. The van der Waals surface area contributed by atoms with Gasteiger partial charge in [-0.05, 0) is 31.4 Å². The highest BCUT2D eigenvalue weighted by molar-refractivity contribution is 5.85. The molecule has 4 heteroatoms. The fourth-order valence-corrected chi connectivity index (χ4v) is 1.47. The first-order valence-electron chi connectivity index (χ1n) is 5.20. The van der Waals surface area contributed by atoms with Crippen molar-refractivity contribution in [3.63, 3.8) is 0 Å². The molecular formula is C12H22Cl2N2. The molecule has 1 aromatic carbocycles. The molecule has 1 rings (SSSR count). The van der Waals surface area contributed by atoms with Crippen molar-refractivity contribution in [3.8, 4) is 0 Å². The van der Waals surface area contributed by atoms with E-state index in [0.717, 1.165) is 13.0 Å². The number of nitrogens with one attached hydrogen (secondary N) is 1. The van der Waals surface area contributed by atoms with Gasteiger partial charge in [0, 0.05) is 18.3 Å². The van der Waals surface area contributed by atoms with E-state index in [1.54, 1.807) is 0 Å². The van der Waals surface area contributed by atoms with Gasteiger partial charge in [0.15, 0.2) is 0 Å². The zero-order valence-electron chi connectivity index (χ0n) is 10.1.